The number of aromatic nitrogens is 2. The van der Waals surface area contributed by atoms with Crippen LogP contribution >= 0.6 is 0 Å². The normalized spacial score (nSPS) is 23.2. The van der Waals surface area contributed by atoms with Crippen molar-refractivity contribution in [2.45, 2.75) is 23.2 Å². The summed E-state index contributed by atoms with van der Waals surface area (Å²) in [6.45, 7) is 0.204. The number of halogens is 2. The van der Waals surface area contributed by atoms with Gasteiger partial charge in [-0.1, -0.05) is 0 Å². The van der Waals surface area contributed by atoms with Gasteiger partial charge in [-0.05, 0) is 30.3 Å². The lowest BCUT2D eigenvalue weighted by Crippen LogP contribution is -2.62. The van der Waals surface area contributed by atoms with Crippen molar-refractivity contribution in [3.8, 4) is 11.5 Å². The van der Waals surface area contributed by atoms with Crippen LogP contribution in [-0.2, 0) is 14.8 Å². The standard InChI is InChI=1S/C23H24F2N4O5S/c1-32-19-6-4-17(12-20(19)33-2)35(30,31)29-9-10-34-23(29)7-8-28(14-21(23)25)22-26-13-15-11-16(24)3-5-18(15)27-22/h3-6,11-13,21H,7-10,14H2,1-2H3. The number of rotatable bonds is 5. The van der Waals surface area contributed by atoms with Crippen molar-refractivity contribution in [3.05, 3.63) is 48.4 Å². The molecule has 2 aliphatic rings. The Balaban J connectivity index is 1.42. The van der Waals surface area contributed by atoms with Gasteiger partial charge in [-0.3, -0.25) is 0 Å². The molecule has 3 heterocycles. The molecule has 0 N–H and O–H groups in total. The number of nitrogens with zero attached hydrogens (tertiary/aromatic N) is 4. The molecule has 2 unspecified atom stereocenters. The van der Waals surface area contributed by atoms with Crippen molar-refractivity contribution in [2.24, 2.45) is 0 Å². The van der Waals surface area contributed by atoms with E-state index in [-0.39, 0.29) is 49.3 Å². The van der Waals surface area contributed by atoms with E-state index in [0.717, 1.165) is 4.31 Å². The van der Waals surface area contributed by atoms with Crippen molar-refractivity contribution in [1.82, 2.24) is 14.3 Å². The molecule has 1 aromatic heterocycles. The maximum Gasteiger partial charge on any atom is 0.245 e. The predicted octanol–water partition coefficient (Wildman–Crippen LogP) is 2.75. The number of ether oxygens (including phenoxy) is 3. The average molecular weight is 507 g/mol. The van der Waals surface area contributed by atoms with Crippen LogP contribution in [0.2, 0.25) is 0 Å². The highest BCUT2D eigenvalue weighted by Crippen LogP contribution is 2.41. The molecule has 2 atom stereocenters. The van der Waals surface area contributed by atoms with Gasteiger partial charge in [-0.15, -0.1) is 0 Å². The Morgan fingerprint density at radius 2 is 1.91 bits per heavy atom. The molecule has 0 bridgehead atoms. The van der Waals surface area contributed by atoms with E-state index in [4.69, 9.17) is 14.2 Å². The molecule has 9 nitrogen and oxygen atoms in total. The van der Waals surface area contributed by atoms with Crippen LogP contribution < -0.4 is 14.4 Å². The number of benzene rings is 2. The van der Waals surface area contributed by atoms with E-state index >= 15 is 4.39 Å². The maximum atomic E-state index is 15.8. The lowest BCUT2D eigenvalue weighted by molar-refractivity contribution is -0.116. The predicted molar refractivity (Wildman–Crippen MR) is 123 cm³/mol. The van der Waals surface area contributed by atoms with Crippen LogP contribution in [0.15, 0.2) is 47.5 Å². The summed E-state index contributed by atoms with van der Waals surface area (Å²) in [6, 6.07) is 8.40. The monoisotopic (exact) mass is 506 g/mol. The molecule has 186 valence electrons. The third-order valence-corrected chi connectivity index (χ3v) is 8.36. The zero-order valence-corrected chi connectivity index (χ0v) is 20.0. The summed E-state index contributed by atoms with van der Waals surface area (Å²) in [4.78, 5) is 10.3. The Labute approximate surface area is 201 Å². The third-order valence-electron chi connectivity index (χ3n) is 6.43. The third kappa shape index (κ3) is 3.95. The van der Waals surface area contributed by atoms with Gasteiger partial charge in [-0.25, -0.2) is 27.2 Å². The van der Waals surface area contributed by atoms with E-state index in [1.165, 1.54) is 56.8 Å². The number of piperidine rings is 1. The van der Waals surface area contributed by atoms with E-state index in [2.05, 4.69) is 9.97 Å². The average Bonchev–Trinajstić information content (AvgIpc) is 3.30. The first-order valence-corrected chi connectivity index (χ1v) is 12.4. The molecule has 0 saturated carbocycles. The quantitative estimate of drug-likeness (QED) is 0.522. The molecule has 5 rings (SSSR count). The zero-order chi connectivity index (χ0) is 24.8. The minimum atomic E-state index is -4.10. The molecule has 2 aromatic carbocycles. The molecule has 0 radical (unpaired) electrons. The summed E-state index contributed by atoms with van der Waals surface area (Å²) < 4.78 is 73.7. The summed E-state index contributed by atoms with van der Waals surface area (Å²) in [5.41, 5.74) is -1.11. The van der Waals surface area contributed by atoms with E-state index < -0.39 is 27.7 Å². The lowest BCUT2D eigenvalue weighted by Gasteiger charge is -2.45. The second-order valence-corrected chi connectivity index (χ2v) is 10.2. The fraction of sp³-hybridized carbons (Fsp3) is 0.391. The molecule has 3 aromatic rings. The molecule has 12 heteroatoms. The van der Waals surface area contributed by atoms with Gasteiger partial charge in [-0.2, -0.15) is 4.31 Å². The number of anilines is 1. The van der Waals surface area contributed by atoms with Gasteiger partial charge in [0, 0.05) is 37.2 Å². The molecule has 2 saturated heterocycles. The largest absolute Gasteiger partial charge is 0.493 e. The van der Waals surface area contributed by atoms with Crippen molar-refractivity contribution < 1.29 is 31.4 Å². The van der Waals surface area contributed by atoms with Crippen molar-refractivity contribution in [3.63, 3.8) is 0 Å². The number of hydrogen-bond acceptors (Lipinski definition) is 8. The van der Waals surface area contributed by atoms with Crippen molar-refractivity contribution >= 4 is 26.9 Å². The number of methoxy groups -OCH3 is 2. The van der Waals surface area contributed by atoms with Crippen LogP contribution in [0.25, 0.3) is 10.9 Å². The van der Waals surface area contributed by atoms with Crippen LogP contribution in [0.5, 0.6) is 11.5 Å². The van der Waals surface area contributed by atoms with Gasteiger partial charge in [0.2, 0.25) is 16.0 Å². The second kappa shape index (κ2) is 8.85. The Hall–Kier alpha value is -3.09. The summed E-state index contributed by atoms with van der Waals surface area (Å²) in [5.74, 6) is 0.525. The molecule has 1 spiro atoms. The molecule has 0 amide bonds. The molecule has 2 aliphatic heterocycles. The van der Waals surface area contributed by atoms with Gasteiger partial charge in [0.05, 0.1) is 37.8 Å². The molecule has 35 heavy (non-hydrogen) atoms. The topological polar surface area (TPSA) is 94.1 Å². The van der Waals surface area contributed by atoms with Gasteiger partial charge < -0.3 is 19.1 Å². The maximum absolute atomic E-state index is 15.8. The molecular weight excluding hydrogens is 482 g/mol. The summed E-state index contributed by atoms with van der Waals surface area (Å²) >= 11 is 0. The highest BCUT2D eigenvalue weighted by molar-refractivity contribution is 7.89. The van der Waals surface area contributed by atoms with Crippen LogP contribution in [0.4, 0.5) is 14.7 Å². The summed E-state index contributed by atoms with van der Waals surface area (Å²) in [7, 11) is -1.24. The Morgan fingerprint density at radius 3 is 2.66 bits per heavy atom. The molecular formula is C23H24F2N4O5S. The van der Waals surface area contributed by atoms with E-state index in [0.29, 0.717) is 16.7 Å². The summed E-state index contributed by atoms with van der Waals surface area (Å²) in [6.07, 6.45) is -0.106. The number of fused-ring (bicyclic) bond motifs is 1. The minimum absolute atomic E-state index is 0.0230. The fourth-order valence-corrected chi connectivity index (χ4v) is 6.38. The smallest absolute Gasteiger partial charge is 0.245 e. The number of sulfonamides is 1. The van der Waals surface area contributed by atoms with Gasteiger partial charge in [0.15, 0.2) is 23.4 Å². The van der Waals surface area contributed by atoms with Crippen LogP contribution in [0.3, 0.4) is 0 Å². The Bertz CT molecular complexity index is 1380. The summed E-state index contributed by atoms with van der Waals surface area (Å²) in [5, 5.41) is 0.533. The number of alkyl halides is 1. The van der Waals surface area contributed by atoms with E-state index in [1.54, 1.807) is 4.90 Å². The number of hydrogen-bond donors (Lipinski definition) is 0. The zero-order valence-electron chi connectivity index (χ0n) is 19.1. The SMILES string of the molecule is COc1ccc(S(=O)(=O)N2CCOC23CCN(c2ncc4cc(F)ccc4n2)CC3F)cc1OC. The van der Waals surface area contributed by atoms with Crippen LogP contribution in [0.1, 0.15) is 6.42 Å². The fourth-order valence-electron chi connectivity index (χ4n) is 4.65. The van der Waals surface area contributed by atoms with Gasteiger partial charge in [0.25, 0.3) is 0 Å². The first kappa shape index (κ1) is 23.6. The van der Waals surface area contributed by atoms with Gasteiger partial charge in [0.1, 0.15) is 5.82 Å². The van der Waals surface area contributed by atoms with Crippen molar-refractivity contribution in [1.29, 1.82) is 0 Å². The van der Waals surface area contributed by atoms with E-state index in [1.807, 2.05) is 0 Å². The minimum Gasteiger partial charge on any atom is -0.493 e. The molecule has 2 fully saturated rings. The highest BCUT2D eigenvalue weighted by atomic mass is 32.2. The Kier molecular flexibility index (Phi) is 5.98. The Morgan fingerprint density at radius 1 is 1.11 bits per heavy atom. The second-order valence-electron chi connectivity index (χ2n) is 8.32. The first-order valence-electron chi connectivity index (χ1n) is 11.0. The van der Waals surface area contributed by atoms with Crippen LogP contribution in [0, 0.1) is 5.82 Å². The van der Waals surface area contributed by atoms with E-state index in [9.17, 15) is 12.8 Å². The highest BCUT2D eigenvalue weighted by Gasteiger charge is 2.57. The van der Waals surface area contributed by atoms with Crippen LogP contribution in [-0.4, -0.2) is 75.0 Å². The van der Waals surface area contributed by atoms with Crippen molar-refractivity contribution in [2.75, 3.05) is 45.4 Å². The lowest BCUT2D eigenvalue weighted by atomic mass is 9.99. The molecule has 0 aliphatic carbocycles. The first-order chi connectivity index (χ1) is 16.8. The van der Waals surface area contributed by atoms with Gasteiger partial charge >= 0.3 is 0 Å².